The van der Waals surface area contributed by atoms with E-state index < -0.39 is 299 Å². The molecule has 43 heteroatoms. The summed E-state index contributed by atoms with van der Waals surface area (Å²) in [5.74, 6) is -18.6. The molecular weight excluding hydrogens is 1650 g/mol. The lowest BCUT2D eigenvalue weighted by atomic mass is 9.89. The predicted octanol–water partition coefficient (Wildman–Crippen LogP) is -2.13. The summed E-state index contributed by atoms with van der Waals surface area (Å²) < 4.78 is 56.4. The molecule has 0 spiro atoms. The number of nitrogens with two attached hydrogens (primary N) is 2. The molecule has 3 saturated heterocycles. The number of phenols is 4. The van der Waals surface area contributed by atoms with E-state index in [1.54, 1.807) is 0 Å². The highest BCUT2D eigenvalue weighted by Crippen LogP contribution is 2.51. The summed E-state index contributed by atoms with van der Waals surface area (Å²) in [6, 6.07) is 0.910. The first-order valence-electron chi connectivity index (χ1n) is 37.1. The van der Waals surface area contributed by atoms with E-state index in [0.29, 0.717) is 0 Å². The van der Waals surface area contributed by atoms with Crippen molar-refractivity contribution >= 4 is 70.5 Å². The Kier molecular flexibility index (Phi) is 24.7. The summed E-state index contributed by atoms with van der Waals surface area (Å²) in [5, 5.41) is 185. The second-order valence-corrected chi connectivity index (χ2v) is 30.1. The molecule has 16 rings (SSSR count). The number of aliphatic hydroxyl groups excluding tert-OH is 10. The first-order chi connectivity index (χ1) is 57.6. The van der Waals surface area contributed by atoms with Crippen molar-refractivity contribution in [1.82, 2.24) is 37.2 Å². The van der Waals surface area contributed by atoms with Gasteiger partial charge in [0.25, 0.3) is 0 Å². The average molecular weight is 1730 g/mol. The second-order valence-electron chi connectivity index (χ2n) is 29.3. The molecule has 0 aliphatic carbocycles. The number of carboxylic acids is 1. The normalized spacial score (nSPS) is 30.5. The Bertz CT molecular complexity index is 5240. The molecule has 0 saturated carbocycles. The Morgan fingerprint density at radius 2 is 1.05 bits per heavy atom. The van der Waals surface area contributed by atoms with Crippen LogP contribution < -0.4 is 72.4 Å². The first-order valence-corrected chi connectivity index (χ1v) is 37.9. The predicted molar refractivity (Wildman–Crippen MR) is 407 cm³/mol. The lowest BCUT2D eigenvalue weighted by molar-refractivity contribution is -0.284. The minimum Gasteiger partial charge on any atom is -0.508 e. The van der Waals surface area contributed by atoms with Crippen molar-refractivity contribution in [3.05, 3.63) is 164 Å². The quantitative estimate of drug-likeness (QED) is 0.0657. The number of aliphatic hydroxyl groups is 10. The monoisotopic (exact) mass is 1720 g/mol. The van der Waals surface area contributed by atoms with Crippen LogP contribution in [0.4, 0.5) is 0 Å². The molecule has 26 N–H and O–H groups in total. The number of carbonyl (C=O) groups is 8. The molecule has 0 radical (unpaired) electrons. The van der Waals surface area contributed by atoms with Gasteiger partial charge in [0, 0.05) is 42.2 Å². The van der Waals surface area contributed by atoms with E-state index in [-0.39, 0.29) is 44.5 Å². The van der Waals surface area contributed by atoms with Crippen molar-refractivity contribution in [2.45, 2.75) is 154 Å². The molecule has 23 atom stereocenters. The number of halogens is 2. The maximum Gasteiger partial charge on any atom is 0.330 e. The van der Waals surface area contributed by atoms with E-state index in [1.165, 1.54) is 30.3 Å². The molecule has 7 aromatic carbocycles. The molecule has 41 nitrogen and oxygen atoms in total. The molecule has 642 valence electrons. The maximum atomic E-state index is 16.8. The van der Waals surface area contributed by atoms with Crippen LogP contribution in [0.5, 0.6) is 69.0 Å². The summed E-state index contributed by atoms with van der Waals surface area (Å²) >= 11 is 14.5. The van der Waals surface area contributed by atoms with Crippen molar-refractivity contribution in [2.75, 3.05) is 19.8 Å². The number of hydrogen-bond donors (Lipinski definition) is 24. The van der Waals surface area contributed by atoms with Crippen LogP contribution in [0.25, 0.3) is 11.1 Å². The third kappa shape index (κ3) is 17.3. The Balaban J connectivity index is 1.04. The zero-order valence-electron chi connectivity index (χ0n) is 62.6. The van der Waals surface area contributed by atoms with E-state index in [0.717, 1.165) is 91.9 Å². The summed E-state index contributed by atoms with van der Waals surface area (Å²) in [5.41, 5.74) is 9.40. The molecule has 17 bridgehead atoms. The Hall–Kier alpha value is -11.6. The average Bonchev–Trinajstić information content (AvgIpc) is 0.745. The molecule has 9 heterocycles. The van der Waals surface area contributed by atoms with E-state index in [2.05, 4.69) is 37.2 Å². The van der Waals surface area contributed by atoms with Crippen LogP contribution in [0.3, 0.4) is 0 Å². The van der Waals surface area contributed by atoms with Gasteiger partial charge < -0.3 is 168 Å². The Morgan fingerprint density at radius 3 is 1.69 bits per heavy atom. The number of benzene rings is 7. The number of ether oxygens (including phenoxy) is 9. The highest BCUT2D eigenvalue weighted by atomic mass is 35.5. The van der Waals surface area contributed by atoms with Gasteiger partial charge >= 0.3 is 5.97 Å². The van der Waals surface area contributed by atoms with Crippen LogP contribution in [-0.2, 0) is 63.7 Å². The lowest BCUT2D eigenvalue weighted by Crippen LogP contribution is -2.65. The van der Waals surface area contributed by atoms with Gasteiger partial charge in [-0.1, -0.05) is 47.5 Å². The number of carboxylic acid groups (broad SMARTS) is 1. The van der Waals surface area contributed by atoms with Gasteiger partial charge in [0.05, 0.1) is 35.9 Å². The first kappa shape index (κ1) is 85.8. The molecule has 3 fully saturated rings. The second kappa shape index (κ2) is 34.9. The van der Waals surface area contributed by atoms with Gasteiger partial charge in [0.15, 0.2) is 35.3 Å². The van der Waals surface area contributed by atoms with Gasteiger partial charge in [-0.25, -0.2) is 4.79 Å². The molecule has 9 aliphatic heterocycles. The van der Waals surface area contributed by atoms with Gasteiger partial charge in [-0.3, -0.25) is 33.6 Å². The number of aliphatic carboxylic acids is 1. The third-order valence-electron chi connectivity index (χ3n) is 21.2. The standard InChI is InChI=1S/C78H79Cl2N9O32/c1-25(93)83-58-64(102)61(99)49(23-91)118-77(58)120-67-29-5-9-43(38(80)15-29)115-47-18-31-17-46(68(47)121-76-53(82)63(101)60(98)48(22-90)117-76)114-42-8-2-26(10-37(42)79)11-39-69(105)85-55(30-12-32(94)19-34(13-30)113-44-16-27(3-7-41(44)97)52(81)70(106)84-39)72(108)87-56(31)73(109)86-54-28-4-6-40(96)35(14-28)51-36(57(75(111)112)88-74(110)59(67)89-71(54)107)20-33(95)21-45(51)116-78-66(104)65(103)62(100)50(24-92)119-78/h2-10,12-21,39,48-50,52-67,76-78,90-92,94-104H,11,22-24,81-82H2,1H3,(H,83,93)(H,84,106)(H,85,105)(H,86,109)(H,87,108)(H,88,110)(H,89,107)(H,111,112). The molecule has 9 aliphatic rings. The van der Waals surface area contributed by atoms with Crippen molar-refractivity contribution < 1.29 is 158 Å². The molecule has 0 aromatic heterocycles. The van der Waals surface area contributed by atoms with Crippen molar-refractivity contribution in [3.8, 4) is 80.1 Å². The number of amides is 7. The number of carbonyl (C=O) groups excluding carboxylic acids is 7. The van der Waals surface area contributed by atoms with Gasteiger partial charge in [-0.15, -0.1) is 0 Å². The van der Waals surface area contributed by atoms with E-state index in [4.69, 9.17) is 77.3 Å². The smallest absolute Gasteiger partial charge is 0.330 e. The van der Waals surface area contributed by atoms with Crippen LogP contribution in [0.2, 0.25) is 10.0 Å². The molecule has 121 heavy (non-hydrogen) atoms. The van der Waals surface area contributed by atoms with Crippen LogP contribution in [-0.4, -0.2) is 248 Å². The SMILES string of the molecule is CC(=O)NC1C(OC2c3ccc(c(Cl)c3)Oc3cc4cc(c3OC3OC(CO)C(O)C(O)C3N)Oc3ccc(cc3Cl)CC3NC(=O)C(N)c5ccc(O)c(c5)Oc5cc(O)cc(c5)C(NC3=O)C(=O)NC4C(=O)NC3C(=O)NC2C(=O)NC(C(=O)O)c2cc(O)cc(OC4OC(CO)C(O)C(O)C4O)c2-c2cc3ccc2O)OC(CO)C(O)C1O. The zero-order chi connectivity index (χ0) is 86.8. The van der Waals surface area contributed by atoms with Gasteiger partial charge in [0.1, 0.15) is 150 Å². The molecule has 7 aromatic rings. The van der Waals surface area contributed by atoms with E-state index >= 15 is 24.0 Å². The molecule has 23 unspecified atom stereocenters. The fourth-order valence-corrected chi connectivity index (χ4v) is 15.4. The Morgan fingerprint density at radius 1 is 0.496 bits per heavy atom. The maximum absolute atomic E-state index is 16.8. The highest BCUT2D eigenvalue weighted by Gasteiger charge is 2.52. The number of hydrogen-bond acceptors (Lipinski definition) is 33. The topological polar surface area (TPSA) is 659 Å². The fourth-order valence-electron chi connectivity index (χ4n) is 14.9. The summed E-state index contributed by atoms with van der Waals surface area (Å²) in [6.07, 6.45) is -28.6. The number of phenolic OH excluding ortho intramolecular Hbond substituents is 4. The van der Waals surface area contributed by atoms with Crippen molar-refractivity contribution in [2.24, 2.45) is 11.5 Å². The largest absolute Gasteiger partial charge is 0.508 e. The summed E-state index contributed by atoms with van der Waals surface area (Å²) in [4.78, 5) is 123. The van der Waals surface area contributed by atoms with Crippen molar-refractivity contribution in [3.63, 3.8) is 0 Å². The van der Waals surface area contributed by atoms with Crippen LogP contribution in [0.1, 0.15) is 82.2 Å². The number of aromatic hydroxyl groups is 4. The highest BCUT2D eigenvalue weighted by molar-refractivity contribution is 6.32. The lowest BCUT2D eigenvalue weighted by Gasteiger charge is -2.44. The van der Waals surface area contributed by atoms with Crippen LogP contribution >= 0.6 is 23.2 Å². The molecule has 7 amide bonds. The van der Waals surface area contributed by atoms with Gasteiger partial charge in [-0.05, 0) is 112 Å². The minimum atomic E-state index is -2.57. The molecular formula is C78H79Cl2N9O32. The number of nitrogens with one attached hydrogen (secondary N) is 7. The van der Waals surface area contributed by atoms with Gasteiger partial charge in [0.2, 0.25) is 59.7 Å². The number of fused-ring (bicyclic) bond motifs is 14. The Labute approximate surface area is 691 Å². The fraction of sp³-hybridized carbons (Fsp3) is 0.359. The zero-order valence-corrected chi connectivity index (χ0v) is 64.1. The van der Waals surface area contributed by atoms with E-state index in [1.807, 2.05) is 0 Å². The van der Waals surface area contributed by atoms with Crippen molar-refractivity contribution in [1.29, 1.82) is 0 Å². The minimum absolute atomic E-state index is 0.0346. The number of rotatable bonds is 11. The van der Waals surface area contributed by atoms with E-state index in [9.17, 15) is 91.0 Å². The summed E-state index contributed by atoms with van der Waals surface area (Å²) in [6.45, 7) is -2.10. The van der Waals surface area contributed by atoms with Gasteiger partial charge in [-0.2, -0.15) is 0 Å². The summed E-state index contributed by atoms with van der Waals surface area (Å²) in [7, 11) is 0. The van der Waals surface area contributed by atoms with Crippen LogP contribution in [0, 0.1) is 0 Å². The van der Waals surface area contributed by atoms with Crippen LogP contribution in [0.15, 0.2) is 115 Å². The third-order valence-corrected chi connectivity index (χ3v) is 21.8.